The van der Waals surface area contributed by atoms with Gasteiger partial charge in [0, 0.05) is 18.7 Å². The Balaban J connectivity index is 1.62. The molecule has 1 N–H and O–H groups in total. The normalized spacial score (nSPS) is 15.1. The molecule has 0 unspecified atom stereocenters. The first kappa shape index (κ1) is 19.1. The van der Waals surface area contributed by atoms with E-state index in [2.05, 4.69) is 0 Å². The lowest BCUT2D eigenvalue weighted by atomic mass is 9.89. The second-order valence-corrected chi connectivity index (χ2v) is 6.98. The van der Waals surface area contributed by atoms with E-state index in [-0.39, 0.29) is 24.0 Å². The van der Waals surface area contributed by atoms with Crippen LogP contribution in [-0.4, -0.2) is 35.0 Å². The van der Waals surface area contributed by atoms with Crippen LogP contribution in [0, 0.1) is 24.5 Å². The average molecular weight is 377 g/mol. The van der Waals surface area contributed by atoms with Crippen molar-refractivity contribution in [2.45, 2.75) is 32.6 Å². The molecule has 1 aromatic heterocycles. The Hall–Kier alpha value is -2.70. The summed E-state index contributed by atoms with van der Waals surface area (Å²) in [5.74, 6) is -2.52. The van der Waals surface area contributed by atoms with E-state index in [0.29, 0.717) is 30.6 Å². The molecule has 0 radical (unpaired) electrons. The molecule has 2 aromatic rings. The van der Waals surface area contributed by atoms with E-state index in [1.54, 1.807) is 17.9 Å². The predicted octanol–water partition coefficient (Wildman–Crippen LogP) is 3.59. The number of carboxylic acid groups (broad SMARTS) is 1. The van der Waals surface area contributed by atoms with Crippen LogP contribution in [0.15, 0.2) is 28.9 Å². The predicted molar refractivity (Wildman–Crippen MR) is 93.5 cm³/mol. The summed E-state index contributed by atoms with van der Waals surface area (Å²) in [6.07, 6.45) is 3.20. The van der Waals surface area contributed by atoms with Crippen LogP contribution in [0.2, 0.25) is 0 Å². The van der Waals surface area contributed by atoms with Crippen molar-refractivity contribution >= 4 is 11.9 Å². The Labute approximate surface area is 155 Å². The zero-order valence-corrected chi connectivity index (χ0v) is 15.0. The van der Waals surface area contributed by atoms with Crippen LogP contribution >= 0.6 is 0 Å². The van der Waals surface area contributed by atoms with Gasteiger partial charge >= 0.3 is 5.97 Å². The molecule has 1 saturated heterocycles. The number of benzene rings is 1. The Morgan fingerprint density at radius 3 is 2.56 bits per heavy atom. The molecular formula is C20H21F2NO4. The lowest BCUT2D eigenvalue weighted by Gasteiger charge is -2.32. The number of likely N-dealkylation sites (tertiary alicyclic amines) is 1. The van der Waals surface area contributed by atoms with Gasteiger partial charge in [-0.25, -0.2) is 8.78 Å². The van der Waals surface area contributed by atoms with Crippen molar-refractivity contribution in [2.75, 3.05) is 13.1 Å². The van der Waals surface area contributed by atoms with Gasteiger partial charge in [0.2, 0.25) is 0 Å². The molecule has 27 heavy (non-hydrogen) atoms. The molecule has 7 heteroatoms. The van der Waals surface area contributed by atoms with E-state index in [1.165, 1.54) is 12.3 Å². The van der Waals surface area contributed by atoms with Gasteiger partial charge in [-0.15, -0.1) is 0 Å². The third kappa shape index (κ3) is 4.35. The highest BCUT2D eigenvalue weighted by molar-refractivity contribution is 5.97. The number of nitrogens with zero attached hydrogens (tertiary/aromatic N) is 1. The maximum Gasteiger partial charge on any atom is 0.311 e. The second kappa shape index (κ2) is 7.90. The number of carboxylic acids is 1. The first-order valence-corrected chi connectivity index (χ1v) is 8.87. The summed E-state index contributed by atoms with van der Waals surface area (Å²) in [4.78, 5) is 25.5. The average Bonchev–Trinajstić information content (AvgIpc) is 2.98. The summed E-state index contributed by atoms with van der Waals surface area (Å²) < 4.78 is 31.6. The maximum atomic E-state index is 13.3. The Kier molecular flexibility index (Phi) is 5.58. The van der Waals surface area contributed by atoms with Gasteiger partial charge in [-0.3, -0.25) is 9.59 Å². The number of rotatable bonds is 5. The summed E-state index contributed by atoms with van der Waals surface area (Å²) in [7, 11) is 0. The Morgan fingerprint density at radius 1 is 1.22 bits per heavy atom. The molecule has 0 spiro atoms. The quantitative estimate of drug-likeness (QED) is 0.865. The largest absolute Gasteiger partial charge is 0.481 e. The molecular weight excluding hydrogens is 356 g/mol. The van der Waals surface area contributed by atoms with E-state index in [4.69, 9.17) is 9.52 Å². The Bertz CT molecular complexity index is 854. The standard InChI is InChI=1S/C20H21F2NO4/c1-12-11-27-17(10-18(24)25)19(12)20(26)23-6-4-13(5-7-23)8-14-2-3-15(21)16(22)9-14/h2-3,9,11,13H,4-8,10H2,1H3,(H,24,25). The number of carbonyl (C=O) groups excluding carboxylic acids is 1. The summed E-state index contributed by atoms with van der Waals surface area (Å²) in [5, 5.41) is 8.97. The maximum absolute atomic E-state index is 13.3. The minimum atomic E-state index is -1.05. The van der Waals surface area contributed by atoms with E-state index in [1.807, 2.05) is 0 Å². The summed E-state index contributed by atoms with van der Waals surface area (Å²) in [6, 6.07) is 3.94. The number of hydrogen-bond donors (Lipinski definition) is 1. The van der Waals surface area contributed by atoms with Crippen LogP contribution in [0.25, 0.3) is 0 Å². The van der Waals surface area contributed by atoms with Crippen LogP contribution in [0.4, 0.5) is 8.78 Å². The van der Waals surface area contributed by atoms with Gasteiger partial charge in [0.1, 0.15) is 12.2 Å². The third-order valence-corrected chi connectivity index (χ3v) is 4.99. The van der Waals surface area contributed by atoms with Gasteiger partial charge in [-0.1, -0.05) is 6.07 Å². The summed E-state index contributed by atoms with van der Waals surface area (Å²) in [6.45, 7) is 2.78. The van der Waals surface area contributed by atoms with Crippen LogP contribution in [0.3, 0.4) is 0 Å². The van der Waals surface area contributed by atoms with Gasteiger partial charge in [0.15, 0.2) is 11.6 Å². The lowest BCUT2D eigenvalue weighted by molar-refractivity contribution is -0.136. The molecule has 1 aliphatic rings. The molecule has 1 amide bonds. The van der Waals surface area contributed by atoms with Crippen molar-refractivity contribution in [3.8, 4) is 0 Å². The minimum Gasteiger partial charge on any atom is -0.481 e. The van der Waals surface area contributed by atoms with Crippen LogP contribution in [0.5, 0.6) is 0 Å². The number of furan rings is 1. The topological polar surface area (TPSA) is 70.7 Å². The molecule has 3 rings (SSSR count). The fraction of sp³-hybridized carbons (Fsp3) is 0.400. The van der Waals surface area contributed by atoms with Crippen molar-refractivity contribution in [3.05, 3.63) is 58.5 Å². The van der Waals surface area contributed by atoms with E-state index in [9.17, 15) is 18.4 Å². The highest BCUT2D eigenvalue weighted by Gasteiger charge is 2.28. The van der Waals surface area contributed by atoms with Gasteiger partial charge in [0.05, 0.1) is 11.8 Å². The molecule has 0 aliphatic carbocycles. The van der Waals surface area contributed by atoms with Crippen molar-refractivity contribution in [1.29, 1.82) is 0 Å². The molecule has 1 aromatic carbocycles. The number of carbonyl (C=O) groups is 2. The van der Waals surface area contributed by atoms with E-state index >= 15 is 0 Å². The SMILES string of the molecule is Cc1coc(CC(=O)O)c1C(=O)N1CCC(Cc2ccc(F)c(F)c2)CC1. The van der Waals surface area contributed by atoms with Crippen LogP contribution in [-0.2, 0) is 17.6 Å². The highest BCUT2D eigenvalue weighted by atomic mass is 19.2. The molecule has 144 valence electrons. The van der Waals surface area contributed by atoms with Gasteiger partial charge in [-0.2, -0.15) is 0 Å². The summed E-state index contributed by atoms with van der Waals surface area (Å²) in [5.41, 5.74) is 1.70. The number of aryl methyl sites for hydroxylation is 1. The highest BCUT2D eigenvalue weighted by Crippen LogP contribution is 2.26. The molecule has 5 nitrogen and oxygen atoms in total. The molecule has 1 aliphatic heterocycles. The molecule has 0 bridgehead atoms. The van der Waals surface area contributed by atoms with Crippen molar-refractivity contribution < 1.29 is 27.9 Å². The molecule has 0 saturated carbocycles. The molecule has 2 heterocycles. The molecule has 0 atom stereocenters. The first-order chi connectivity index (χ1) is 12.8. The number of halogens is 2. The fourth-order valence-corrected chi connectivity index (χ4v) is 3.55. The second-order valence-electron chi connectivity index (χ2n) is 6.98. The van der Waals surface area contributed by atoms with Gasteiger partial charge in [0.25, 0.3) is 5.91 Å². The zero-order valence-electron chi connectivity index (χ0n) is 15.0. The van der Waals surface area contributed by atoms with E-state index in [0.717, 1.165) is 24.5 Å². The van der Waals surface area contributed by atoms with Crippen molar-refractivity contribution in [2.24, 2.45) is 5.92 Å². The van der Waals surface area contributed by atoms with Gasteiger partial charge < -0.3 is 14.4 Å². The first-order valence-electron chi connectivity index (χ1n) is 8.87. The third-order valence-electron chi connectivity index (χ3n) is 4.99. The number of hydrogen-bond acceptors (Lipinski definition) is 3. The monoisotopic (exact) mass is 377 g/mol. The smallest absolute Gasteiger partial charge is 0.311 e. The number of aliphatic carboxylic acids is 1. The lowest BCUT2D eigenvalue weighted by Crippen LogP contribution is -2.39. The van der Waals surface area contributed by atoms with Crippen LogP contribution in [0.1, 0.15) is 40.1 Å². The number of amides is 1. The Morgan fingerprint density at radius 2 is 1.93 bits per heavy atom. The van der Waals surface area contributed by atoms with Gasteiger partial charge in [-0.05, 0) is 49.8 Å². The summed E-state index contributed by atoms with van der Waals surface area (Å²) >= 11 is 0. The zero-order chi connectivity index (χ0) is 19.6. The van der Waals surface area contributed by atoms with Crippen molar-refractivity contribution in [1.82, 2.24) is 4.90 Å². The van der Waals surface area contributed by atoms with E-state index < -0.39 is 17.6 Å². The van der Waals surface area contributed by atoms with Crippen molar-refractivity contribution in [3.63, 3.8) is 0 Å². The van der Waals surface area contributed by atoms with Crippen LogP contribution < -0.4 is 0 Å². The number of piperidine rings is 1. The minimum absolute atomic E-state index is 0.175. The molecule has 1 fully saturated rings. The fourth-order valence-electron chi connectivity index (χ4n) is 3.55.